The molecule has 2 fully saturated rings. The van der Waals surface area contributed by atoms with Gasteiger partial charge in [0.15, 0.2) is 5.13 Å². The third-order valence-corrected chi connectivity index (χ3v) is 4.81. The number of aromatic nitrogens is 1. The number of hydrogen-bond donors (Lipinski definition) is 1. The Balaban J connectivity index is 1.76. The number of benzene rings is 1. The average molecular weight is 247 g/mol. The molecule has 0 aliphatic carbocycles. The van der Waals surface area contributed by atoms with E-state index in [4.69, 9.17) is 10.5 Å². The number of ether oxygens (including phenoxy) is 1. The molecule has 0 radical (unpaired) electrons. The molecule has 0 amide bonds. The van der Waals surface area contributed by atoms with E-state index in [-0.39, 0.29) is 5.54 Å². The van der Waals surface area contributed by atoms with Gasteiger partial charge >= 0.3 is 0 Å². The van der Waals surface area contributed by atoms with Crippen molar-refractivity contribution in [3.63, 3.8) is 0 Å². The third kappa shape index (κ3) is 1.23. The number of rotatable bonds is 1. The van der Waals surface area contributed by atoms with Crippen molar-refractivity contribution >= 4 is 32.4 Å². The van der Waals surface area contributed by atoms with Crippen LogP contribution < -0.4 is 10.6 Å². The van der Waals surface area contributed by atoms with Gasteiger partial charge in [0.05, 0.1) is 29.0 Å². The van der Waals surface area contributed by atoms with Crippen molar-refractivity contribution in [1.82, 2.24) is 4.98 Å². The summed E-state index contributed by atoms with van der Waals surface area (Å²) in [5.74, 6) is 0. The van der Waals surface area contributed by atoms with E-state index in [2.05, 4.69) is 16.0 Å². The number of thiazole rings is 1. The van der Waals surface area contributed by atoms with E-state index in [0.717, 1.165) is 36.1 Å². The zero-order valence-electron chi connectivity index (χ0n) is 9.35. The van der Waals surface area contributed by atoms with Crippen LogP contribution >= 0.6 is 11.3 Å². The highest BCUT2D eigenvalue weighted by atomic mass is 32.1. The average Bonchev–Trinajstić information content (AvgIpc) is 2.55. The molecule has 3 heterocycles. The first-order valence-electron chi connectivity index (χ1n) is 5.78. The van der Waals surface area contributed by atoms with E-state index in [9.17, 15) is 0 Å². The molecule has 88 valence electrons. The first kappa shape index (κ1) is 9.67. The van der Waals surface area contributed by atoms with Crippen molar-refractivity contribution in [2.75, 3.05) is 30.4 Å². The van der Waals surface area contributed by atoms with Crippen LogP contribution in [0.15, 0.2) is 18.2 Å². The Labute approximate surface area is 103 Å². The first-order valence-corrected chi connectivity index (χ1v) is 6.60. The molecular weight excluding hydrogens is 234 g/mol. The zero-order valence-corrected chi connectivity index (χ0v) is 10.2. The van der Waals surface area contributed by atoms with Crippen molar-refractivity contribution in [1.29, 1.82) is 0 Å². The number of fused-ring (bicyclic) bond motifs is 1. The number of nitrogens with zero attached hydrogens (tertiary/aromatic N) is 2. The Hall–Kier alpha value is -1.33. The Morgan fingerprint density at radius 3 is 2.94 bits per heavy atom. The van der Waals surface area contributed by atoms with Crippen LogP contribution in [0, 0.1) is 0 Å². The highest BCUT2D eigenvalue weighted by Gasteiger charge is 2.51. The summed E-state index contributed by atoms with van der Waals surface area (Å²) in [5, 5.41) is 1.11. The molecule has 2 N–H and O–H groups in total. The van der Waals surface area contributed by atoms with Crippen LogP contribution in [0.3, 0.4) is 0 Å². The molecule has 2 saturated heterocycles. The lowest BCUT2D eigenvalue weighted by Gasteiger charge is -2.57. The fraction of sp³-hybridized carbons (Fsp3) is 0.417. The van der Waals surface area contributed by atoms with Gasteiger partial charge in [-0.3, -0.25) is 0 Å². The molecular formula is C12H13N3OS. The SMILES string of the molecule is Nc1ccc2sc(N3CCC34COC4)nc2c1. The van der Waals surface area contributed by atoms with Gasteiger partial charge in [0.1, 0.15) is 0 Å². The summed E-state index contributed by atoms with van der Waals surface area (Å²) in [6.45, 7) is 2.80. The Bertz CT molecular complexity index is 585. The largest absolute Gasteiger partial charge is 0.399 e. The highest BCUT2D eigenvalue weighted by molar-refractivity contribution is 7.22. The lowest BCUT2D eigenvalue weighted by Crippen LogP contribution is -2.71. The van der Waals surface area contributed by atoms with Gasteiger partial charge in [0, 0.05) is 12.2 Å². The minimum Gasteiger partial charge on any atom is -0.399 e. The standard InChI is InChI=1S/C12H13N3OS/c13-8-1-2-10-9(5-8)14-11(17-10)15-4-3-12(15)6-16-7-12/h1-2,5H,3-4,6-7,13H2. The third-order valence-electron chi connectivity index (χ3n) is 3.75. The van der Waals surface area contributed by atoms with Crippen molar-refractivity contribution < 1.29 is 4.74 Å². The molecule has 0 saturated carbocycles. The minimum atomic E-state index is 0.263. The molecule has 0 atom stereocenters. The second-order valence-corrected chi connectivity index (χ2v) is 5.85. The fourth-order valence-electron chi connectivity index (χ4n) is 2.52. The van der Waals surface area contributed by atoms with E-state index in [1.165, 1.54) is 11.1 Å². The summed E-state index contributed by atoms with van der Waals surface area (Å²) >= 11 is 1.75. The van der Waals surface area contributed by atoms with Crippen molar-refractivity contribution in [2.45, 2.75) is 12.0 Å². The molecule has 4 rings (SSSR count). The van der Waals surface area contributed by atoms with Gasteiger partial charge in [-0.25, -0.2) is 4.98 Å². The maximum Gasteiger partial charge on any atom is 0.187 e. The fourth-order valence-corrected chi connectivity index (χ4v) is 3.61. The van der Waals surface area contributed by atoms with Gasteiger partial charge < -0.3 is 15.4 Å². The maximum absolute atomic E-state index is 5.78. The highest BCUT2D eigenvalue weighted by Crippen LogP contribution is 2.43. The van der Waals surface area contributed by atoms with Crippen molar-refractivity contribution in [2.24, 2.45) is 0 Å². The molecule has 0 unspecified atom stereocenters. The van der Waals surface area contributed by atoms with Gasteiger partial charge in [-0.2, -0.15) is 0 Å². The molecule has 1 aromatic carbocycles. The Morgan fingerprint density at radius 2 is 2.29 bits per heavy atom. The molecule has 2 aromatic rings. The summed E-state index contributed by atoms with van der Waals surface area (Å²) in [5.41, 5.74) is 7.82. The van der Waals surface area contributed by atoms with Gasteiger partial charge in [-0.15, -0.1) is 0 Å². The monoisotopic (exact) mass is 247 g/mol. The van der Waals surface area contributed by atoms with E-state index in [1.54, 1.807) is 11.3 Å². The van der Waals surface area contributed by atoms with Crippen LogP contribution in [0.4, 0.5) is 10.8 Å². The smallest absolute Gasteiger partial charge is 0.187 e. The van der Waals surface area contributed by atoms with Gasteiger partial charge in [-0.05, 0) is 24.6 Å². The zero-order chi connectivity index (χ0) is 11.5. The molecule has 1 spiro atoms. The van der Waals surface area contributed by atoms with Crippen LogP contribution in [0.1, 0.15) is 6.42 Å². The Morgan fingerprint density at radius 1 is 1.41 bits per heavy atom. The van der Waals surface area contributed by atoms with Crippen LogP contribution in [-0.4, -0.2) is 30.3 Å². The Kier molecular flexibility index (Phi) is 1.77. The number of hydrogen-bond acceptors (Lipinski definition) is 5. The van der Waals surface area contributed by atoms with Crippen molar-refractivity contribution in [3.05, 3.63) is 18.2 Å². The number of nitrogens with two attached hydrogens (primary N) is 1. The molecule has 17 heavy (non-hydrogen) atoms. The quantitative estimate of drug-likeness (QED) is 0.781. The normalized spacial score (nSPS) is 21.5. The minimum absolute atomic E-state index is 0.263. The van der Waals surface area contributed by atoms with Crippen LogP contribution in [0.25, 0.3) is 10.2 Å². The molecule has 2 aliphatic rings. The summed E-state index contributed by atoms with van der Waals surface area (Å²) in [4.78, 5) is 7.07. The second kappa shape index (κ2) is 3.11. The lowest BCUT2D eigenvalue weighted by atomic mass is 9.83. The van der Waals surface area contributed by atoms with Crippen molar-refractivity contribution in [3.8, 4) is 0 Å². The first-order chi connectivity index (χ1) is 8.27. The van der Waals surface area contributed by atoms with Crippen LogP contribution in [0.5, 0.6) is 0 Å². The summed E-state index contributed by atoms with van der Waals surface area (Å²) in [6.07, 6.45) is 1.23. The van der Waals surface area contributed by atoms with E-state index in [0.29, 0.717) is 0 Å². The summed E-state index contributed by atoms with van der Waals surface area (Å²) < 4.78 is 6.55. The van der Waals surface area contributed by atoms with Gasteiger partial charge in [-0.1, -0.05) is 11.3 Å². The van der Waals surface area contributed by atoms with E-state index < -0.39 is 0 Å². The second-order valence-electron chi connectivity index (χ2n) is 4.84. The summed E-state index contributed by atoms with van der Waals surface area (Å²) in [7, 11) is 0. The van der Waals surface area contributed by atoms with Gasteiger partial charge in [0.25, 0.3) is 0 Å². The molecule has 5 heteroatoms. The van der Waals surface area contributed by atoms with Crippen LogP contribution in [-0.2, 0) is 4.74 Å². The predicted molar refractivity (Wildman–Crippen MR) is 69.5 cm³/mol. The van der Waals surface area contributed by atoms with Crippen LogP contribution in [0.2, 0.25) is 0 Å². The molecule has 2 aliphatic heterocycles. The maximum atomic E-state index is 5.78. The number of nitrogen functional groups attached to an aromatic ring is 1. The topological polar surface area (TPSA) is 51.4 Å². The lowest BCUT2D eigenvalue weighted by molar-refractivity contribution is -0.0847. The summed E-state index contributed by atoms with van der Waals surface area (Å²) in [6, 6.07) is 5.93. The number of anilines is 2. The van der Waals surface area contributed by atoms with E-state index in [1.807, 2.05) is 12.1 Å². The van der Waals surface area contributed by atoms with Gasteiger partial charge in [0.2, 0.25) is 0 Å². The molecule has 0 bridgehead atoms. The van der Waals surface area contributed by atoms with E-state index >= 15 is 0 Å². The molecule has 4 nitrogen and oxygen atoms in total. The predicted octanol–water partition coefficient (Wildman–Crippen LogP) is 1.86. The molecule has 1 aromatic heterocycles.